The van der Waals surface area contributed by atoms with Crippen molar-refractivity contribution in [1.82, 2.24) is 0 Å². The summed E-state index contributed by atoms with van der Waals surface area (Å²) in [5.74, 6) is 0. The quantitative estimate of drug-likeness (QED) is 0.0690. The van der Waals surface area contributed by atoms with Gasteiger partial charge in [0.2, 0.25) is 0 Å². The number of hydrogen-bond donors (Lipinski definition) is 3. The van der Waals surface area contributed by atoms with Crippen LogP contribution in [-0.2, 0) is 55.0 Å². The van der Waals surface area contributed by atoms with Crippen LogP contribution in [0.3, 0.4) is 0 Å². The molecular formula is C48H51Cl6N9O6. The number of rotatable bonds is 15. The maximum Gasteiger partial charge on any atom is 0.411 e. The summed E-state index contributed by atoms with van der Waals surface area (Å²) in [6.45, 7) is 1.55. The average Bonchev–Trinajstić information content (AvgIpc) is 3.28. The minimum atomic E-state index is -0.716. The van der Waals surface area contributed by atoms with Crippen LogP contribution in [0.15, 0.2) is 165 Å². The van der Waals surface area contributed by atoms with Crippen LogP contribution in [0.1, 0.15) is 0 Å². The Morgan fingerprint density at radius 3 is 0.739 bits per heavy atom. The van der Waals surface area contributed by atoms with Gasteiger partial charge in [0.1, 0.15) is 21.1 Å². The molecule has 3 amide bonds. The number of ether oxygens (including phenoxy) is 3. The van der Waals surface area contributed by atoms with Crippen LogP contribution in [0, 0.1) is 0 Å². The number of benzene rings is 1. The highest BCUT2D eigenvalue weighted by atomic mass is 35.5. The van der Waals surface area contributed by atoms with Gasteiger partial charge in [0.05, 0.1) is 0 Å². The van der Waals surface area contributed by atoms with Crippen LogP contribution in [0.2, 0.25) is 0 Å². The summed E-state index contributed by atoms with van der Waals surface area (Å²) in [5.41, 5.74) is 7.27. The van der Waals surface area contributed by atoms with Gasteiger partial charge in [-0.25, -0.2) is 41.8 Å². The van der Waals surface area contributed by atoms with Crippen LogP contribution in [0.25, 0.3) is 33.4 Å². The van der Waals surface area contributed by atoms with Crippen molar-refractivity contribution in [3.05, 3.63) is 165 Å². The van der Waals surface area contributed by atoms with E-state index in [0.29, 0.717) is 19.6 Å². The molecule has 6 aromatic heterocycles. The fourth-order valence-electron chi connectivity index (χ4n) is 6.51. The third-order valence-corrected chi connectivity index (χ3v) is 10.0. The SMILES string of the molecule is C[n+]1ccc(-c2cc[n+](CCOC(=O)Nc3cc(NC(=O)OCC[n+]4ccc(-c5cc[n+](C)cc5)cc4)cc(NC(=O)OCC[n+]4ccc(-c5cc[n+](C)cc5)cc4)c3)cc2)cc1.[Cl-].[Cl-].[Cl-].[Cl-].[Cl-].[Cl-]. The van der Waals surface area contributed by atoms with Crippen LogP contribution in [0.4, 0.5) is 31.4 Å². The third-order valence-electron chi connectivity index (χ3n) is 10.0. The van der Waals surface area contributed by atoms with Gasteiger partial charge in [-0.1, -0.05) is 0 Å². The zero-order chi connectivity index (χ0) is 44.0. The number of anilines is 3. The molecule has 0 saturated carbocycles. The molecule has 0 aliphatic heterocycles. The maximum absolute atomic E-state index is 12.9. The average molecular weight is 1060 g/mol. The number of amides is 3. The standard InChI is InChI=1S/C48H48N9O6.6ClH/c1-52-16-4-37(5-17-52)40-10-22-55(23-11-40)28-31-61-46(58)49-43-34-44(50-47(59)62-32-29-56-24-12-41(13-25-56)38-6-18-53(2)19-7-38)36-45(35-43)51-48(60)63-33-30-57-26-14-42(15-27-57)39-8-20-54(3)21-9-39;;;;;;/h4-27,34-36H,28-33H2,1-3H3;6*1H/q+3;;;;;;/p-3. The predicted octanol–water partition coefficient (Wildman–Crippen LogP) is -13.2. The second-order valence-electron chi connectivity index (χ2n) is 14.8. The first-order chi connectivity index (χ1) is 30.6. The summed E-state index contributed by atoms with van der Waals surface area (Å²) >= 11 is 0. The molecule has 7 aromatic rings. The van der Waals surface area contributed by atoms with Gasteiger partial charge >= 0.3 is 18.3 Å². The molecule has 0 unspecified atom stereocenters. The van der Waals surface area contributed by atoms with Crippen LogP contribution < -0.4 is 118 Å². The Balaban J connectivity index is 0.00000397. The number of aryl methyl sites for hydroxylation is 3. The minimum Gasteiger partial charge on any atom is -1.00 e. The van der Waals surface area contributed by atoms with E-state index in [1.807, 2.05) is 196 Å². The zero-order valence-corrected chi connectivity index (χ0v) is 42.3. The van der Waals surface area contributed by atoms with Gasteiger partial charge in [0.15, 0.2) is 114 Å². The van der Waals surface area contributed by atoms with Crippen LogP contribution >= 0.6 is 0 Å². The molecule has 0 aliphatic carbocycles. The van der Waals surface area contributed by atoms with Gasteiger partial charge in [-0.15, -0.1) is 0 Å². The fraction of sp³-hybridized carbons (Fsp3) is 0.188. The van der Waals surface area contributed by atoms with Gasteiger partial charge in [-0.2, -0.15) is 0 Å². The van der Waals surface area contributed by atoms with Crippen molar-refractivity contribution in [2.45, 2.75) is 19.6 Å². The Morgan fingerprint density at radius 2 is 0.536 bits per heavy atom. The van der Waals surface area contributed by atoms with Crippen molar-refractivity contribution >= 4 is 35.3 Å². The molecule has 0 saturated heterocycles. The van der Waals surface area contributed by atoms with E-state index in [9.17, 15) is 14.4 Å². The molecule has 3 N–H and O–H groups in total. The molecule has 0 fully saturated rings. The minimum absolute atomic E-state index is 0. The molecule has 21 heteroatoms. The highest BCUT2D eigenvalue weighted by Gasteiger charge is 2.15. The van der Waals surface area contributed by atoms with Gasteiger partial charge in [-0.3, -0.25) is 16.0 Å². The monoisotopic (exact) mass is 1060 g/mol. The first-order valence-corrected chi connectivity index (χ1v) is 20.4. The van der Waals surface area contributed by atoms with E-state index in [-0.39, 0.29) is 111 Å². The number of pyridine rings is 6. The van der Waals surface area contributed by atoms with Crippen molar-refractivity contribution in [2.24, 2.45) is 21.1 Å². The second-order valence-corrected chi connectivity index (χ2v) is 14.8. The lowest BCUT2D eigenvalue weighted by Crippen LogP contribution is -3.00. The number of nitrogens with zero attached hydrogens (tertiary/aromatic N) is 6. The first-order valence-electron chi connectivity index (χ1n) is 20.4. The van der Waals surface area contributed by atoms with Crippen LogP contribution in [-0.4, -0.2) is 38.1 Å². The first kappa shape index (κ1) is 60.7. The molecular weight excluding hydrogens is 1010 g/mol. The van der Waals surface area contributed by atoms with E-state index in [2.05, 4.69) is 16.0 Å². The van der Waals surface area contributed by atoms with E-state index in [1.165, 1.54) is 18.2 Å². The highest BCUT2D eigenvalue weighted by molar-refractivity contribution is 5.93. The number of aromatic nitrogens is 6. The summed E-state index contributed by atoms with van der Waals surface area (Å²) in [6.07, 6.45) is 21.4. The lowest BCUT2D eigenvalue weighted by molar-refractivity contribution is -0.697. The number of carbonyl (C=O) groups excluding carboxylic acids is 3. The molecule has 69 heavy (non-hydrogen) atoms. The Kier molecular flexibility index (Phi) is 26.6. The summed E-state index contributed by atoms with van der Waals surface area (Å²) in [6, 6.07) is 28.9. The number of halogens is 6. The lowest BCUT2D eigenvalue weighted by Gasteiger charge is -2.13. The molecule has 7 rings (SSSR count). The molecule has 0 bridgehead atoms. The summed E-state index contributed by atoms with van der Waals surface area (Å²) in [7, 11) is 5.91. The molecule has 6 heterocycles. The van der Waals surface area contributed by atoms with E-state index >= 15 is 0 Å². The largest absolute Gasteiger partial charge is 1.00 e. The van der Waals surface area contributed by atoms with Crippen molar-refractivity contribution in [3.63, 3.8) is 0 Å². The Bertz CT molecular complexity index is 2350. The van der Waals surface area contributed by atoms with Crippen molar-refractivity contribution in [3.8, 4) is 33.4 Å². The Hall–Kier alpha value is -6.33. The summed E-state index contributed by atoms with van der Waals surface area (Å²) in [5, 5.41) is 8.08. The molecule has 0 radical (unpaired) electrons. The number of nitrogens with one attached hydrogen (secondary N) is 3. The van der Waals surface area contributed by atoms with E-state index < -0.39 is 18.3 Å². The predicted molar refractivity (Wildman–Crippen MR) is 231 cm³/mol. The number of carbonyl (C=O) groups is 3. The molecule has 0 atom stereocenters. The van der Waals surface area contributed by atoms with E-state index in [0.717, 1.165) is 33.4 Å². The Labute approximate surface area is 438 Å². The van der Waals surface area contributed by atoms with E-state index in [4.69, 9.17) is 14.2 Å². The van der Waals surface area contributed by atoms with Crippen molar-refractivity contribution in [1.29, 1.82) is 0 Å². The van der Waals surface area contributed by atoms with Crippen molar-refractivity contribution < 1.29 is 130 Å². The third kappa shape index (κ3) is 18.9. The van der Waals surface area contributed by atoms with Gasteiger partial charge < -0.3 is 88.7 Å². The fourth-order valence-corrected chi connectivity index (χ4v) is 6.51. The topological polar surface area (TPSA) is 138 Å². The molecule has 0 aliphatic rings. The van der Waals surface area contributed by atoms with Crippen molar-refractivity contribution in [2.75, 3.05) is 35.8 Å². The molecule has 1 aromatic carbocycles. The van der Waals surface area contributed by atoms with Crippen LogP contribution in [0.5, 0.6) is 0 Å². The Morgan fingerprint density at radius 1 is 0.348 bits per heavy atom. The maximum atomic E-state index is 12.9. The molecule has 0 spiro atoms. The molecule has 15 nitrogen and oxygen atoms in total. The summed E-state index contributed by atoms with van der Waals surface area (Å²) in [4.78, 5) is 38.8. The van der Waals surface area contributed by atoms with Gasteiger partial charge in [0.25, 0.3) is 0 Å². The second kappa shape index (κ2) is 30.2. The van der Waals surface area contributed by atoms with E-state index in [1.54, 1.807) is 0 Å². The zero-order valence-electron chi connectivity index (χ0n) is 37.7. The lowest BCUT2D eigenvalue weighted by atomic mass is 10.1. The van der Waals surface area contributed by atoms with Gasteiger partial charge in [-0.05, 0) is 51.6 Å². The molecule has 366 valence electrons. The normalized spacial score (nSPS) is 9.78. The smallest absolute Gasteiger partial charge is 0.411 e. The highest BCUT2D eigenvalue weighted by Crippen LogP contribution is 2.24. The summed E-state index contributed by atoms with van der Waals surface area (Å²) < 4.78 is 28.1. The number of hydrogen-bond acceptors (Lipinski definition) is 6. The van der Waals surface area contributed by atoms with Gasteiger partial charge in [0, 0.05) is 89.9 Å².